The molecule has 2 aromatic carbocycles. The molecule has 7 heteroatoms. The summed E-state index contributed by atoms with van der Waals surface area (Å²) in [4.78, 5) is 32.0. The van der Waals surface area contributed by atoms with Crippen LogP contribution in [0.2, 0.25) is 5.02 Å². The maximum atomic E-state index is 13.0. The van der Waals surface area contributed by atoms with Crippen molar-refractivity contribution in [3.8, 4) is 0 Å². The van der Waals surface area contributed by atoms with Gasteiger partial charge in [-0.25, -0.2) is 4.98 Å². The van der Waals surface area contributed by atoms with Crippen molar-refractivity contribution in [2.75, 3.05) is 19.6 Å². The number of nitrogens with one attached hydrogen (secondary N) is 1. The van der Waals surface area contributed by atoms with Gasteiger partial charge in [-0.15, -0.1) is 0 Å². The number of amides is 2. The summed E-state index contributed by atoms with van der Waals surface area (Å²) < 4.78 is 2.08. The number of aryl methyl sites for hydroxylation is 1. The number of imidazole rings is 1. The summed E-state index contributed by atoms with van der Waals surface area (Å²) >= 11 is 6.14. The monoisotopic (exact) mass is 496 g/mol. The lowest BCUT2D eigenvalue weighted by Gasteiger charge is -2.22. The molecule has 0 unspecified atom stereocenters. The van der Waals surface area contributed by atoms with Crippen LogP contribution in [0.25, 0.3) is 11.0 Å². The van der Waals surface area contributed by atoms with E-state index in [9.17, 15) is 9.59 Å². The number of aromatic nitrogens is 2. The van der Waals surface area contributed by atoms with Crippen LogP contribution in [0.4, 0.5) is 0 Å². The minimum absolute atomic E-state index is 0.0119. The van der Waals surface area contributed by atoms with Crippen molar-refractivity contribution in [2.45, 2.75) is 65.3 Å². The fraction of sp³-hybridized carbons (Fsp3) is 0.464. The fourth-order valence-corrected chi connectivity index (χ4v) is 4.52. The quantitative estimate of drug-likeness (QED) is 0.303. The molecule has 6 nitrogen and oxygen atoms in total. The van der Waals surface area contributed by atoms with Crippen molar-refractivity contribution in [1.82, 2.24) is 19.8 Å². The molecule has 0 spiro atoms. The Morgan fingerprint density at radius 2 is 1.69 bits per heavy atom. The van der Waals surface area contributed by atoms with Gasteiger partial charge in [-0.2, -0.15) is 0 Å². The Balaban J connectivity index is 1.51. The Hall–Kier alpha value is -2.86. The summed E-state index contributed by atoms with van der Waals surface area (Å²) in [6.07, 6.45) is 5.83. The van der Waals surface area contributed by atoms with Crippen molar-refractivity contribution in [1.29, 1.82) is 0 Å². The first-order valence-electron chi connectivity index (χ1n) is 12.8. The molecule has 3 aromatic rings. The number of para-hydroxylation sites is 2. The Labute approximate surface area is 213 Å². The van der Waals surface area contributed by atoms with Crippen LogP contribution in [-0.2, 0) is 29.0 Å². The van der Waals surface area contributed by atoms with Gasteiger partial charge in [-0.05, 0) is 49.4 Å². The maximum Gasteiger partial charge on any atom is 0.242 e. The molecule has 2 amide bonds. The lowest BCUT2D eigenvalue weighted by molar-refractivity contribution is -0.132. The number of nitrogens with zero attached hydrogens (tertiary/aromatic N) is 3. The summed E-state index contributed by atoms with van der Waals surface area (Å²) in [6, 6.07) is 15.5. The number of fused-ring (bicyclic) bond motifs is 1. The third-order valence-electron chi connectivity index (χ3n) is 6.07. The van der Waals surface area contributed by atoms with E-state index in [1.54, 1.807) is 6.07 Å². The van der Waals surface area contributed by atoms with Crippen molar-refractivity contribution in [3.63, 3.8) is 0 Å². The van der Waals surface area contributed by atoms with Gasteiger partial charge in [0.25, 0.3) is 0 Å². The molecule has 0 fully saturated rings. The Morgan fingerprint density at radius 1 is 0.971 bits per heavy atom. The average molecular weight is 497 g/mol. The Morgan fingerprint density at radius 3 is 2.43 bits per heavy atom. The van der Waals surface area contributed by atoms with Crippen molar-refractivity contribution < 1.29 is 9.59 Å². The molecule has 188 valence electrons. The summed E-state index contributed by atoms with van der Waals surface area (Å²) in [5.41, 5.74) is 2.78. The zero-order chi connectivity index (χ0) is 25.0. The van der Waals surface area contributed by atoms with Gasteiger partial charge < -0.3 is 14.8 Å². The highest BCUT2D eigenvalue weighted by Crippen LogP contribution is 2.19. The van der Waals surface area contributed by atoms with Gasteiger partial charge in [0, 0.05) is 31.1 Å². The highest BCUT2D eigenvalue weighted by Gasteiger charge is 2.17. The van der Waals surface area contributed by atoms with E-state index in [4.69, 9.17) is 16.6 Å². The summed E-state index contributed by atoms with van der Waals surface area (Å²) in [7, 11) is 0. The highest BCUT2D eigenvalue weighted by molar-refractivity contribution is 6.31. The van der Waals surface area contributed by atoms with Gasteiger partial charge >= 0.3 is 0 Å². The van der Waals surface area contributed by atoms with Crippen LogP contribution in [-0.4, -0.2) is 45.9 Å². The van der Waals surface area contributed by atoms with Crippen LogP contribution in [0.5, 0.6) is 0 Å². The van der Waals surface area contributed by atoms with Crippen LogP contribution in [0.3, 0.4) is 0 Å². The molecule has 35 heavy (non-hydrogen) atoms. The molecular formula is C28H37ClN4O2. The topological polar surface area (TPSA) is 67.2 Å². The van der Waals surface area contributed by atoms with E-state index in [2.05, 4.69) is 23.7 Å². The molecule has 1 heterocycles. The molecule has 0 aliphatic carbocycles. The van der Waals surface area contributed by atoms with Crippen molar-refractivity contribution >= 4 is 34.4 Å². The number of carbonyl (C=O) groups excluding carboxylic acids is 2. The van der Waals surface area contributed by atoms with Gasteiger partial charge in [0.1, 0.15) is 12.4 Å². The summed E-state index contributed by atoms with van der Waals surface area (Å²) in [5, 5.41) is 3.61. The minimum Gasteiger partial charge on any atom is -0.356 e. The molecule has 1 N–H and O–H groups in total. The number of carbonyl (C=O) groups is 2. The van der Waals surface area contributed by atoms with Crippen molar-refractivity contribution in [3.05, 3.63) is 64.9 Å². The third-order valence-corrected chi connectivity index (χ3v) is 6.44. The molecule has 0 aliphatic rings. The van der Waals surface area contributed by atoms with Crippen LogP contribution in [0.15, 0.2) is 48.5 Å². The standard InChI is InChI=1S/C28H37ClN4O2/c1-3-18-32(19-4-2)28(35)21-33-25-15-10-9-14-24(25)31-26(33)16-6-5-11-17-30-27(34)20-22-12-7-8-13-23(22)29/h7-10,12-15H,3-6,11,16-21H2,1-2H3,(H,30,34). The number of hydrogen-bond donors (Lipinski definition) is 1. The Kier molecular flexibility index (Phi) is 10.6. The van der Waals surface area contributed by atoms with Gasteiger partial charge in [0.2, 0.25) is 11.8 Å². The highest BCUT2D eigenvalue weighted by atomic mass is 35.5. The van der Waals surface area contributed by atoms with Gasteiger partial charge in [-0.3, -0.25) is 9.59 Å². The van der Waals surface area contributed by atoms with E-state index in [-0.39, 0.29) is 11.8 Å². The first-order valence-corrected chi connectivity index (χ1v) is 13.1. The van der Waals surface area contributed by atoms with Crippen molar-refractivity contribution in [2.24, 2.45) is 0 Å². The molecule has 3 rings (SSSR count). The zero-order valence-corrected chi connectivity index (χ0v) is 21.7. The first-order chi connectivity index (χ1) is 17.0. The number of rotatable bonds is 14. The van der Waals surface area contributed by atoms with E-state index in [1.807, 2.05) is 47.4 Å². The van der Waals surface area contributed by atoms with E-state index in [0.29, 0.717) is 24.5 Å². The van der Waals surface area contributed by atoms with Gasteiger partial charge in [0.05, 0.1) is 17.5 Å². The summed E-state index contributed by atoms with van der Waals surface area (Å²) in [6.45, 7) is 6.75. The molecule has 0 atom stereocenters. The summed E-state index contributed by atoms with van der Waals surface area (Å²) in [5.74, 6) is 1.09. The fourth-order valence-electron chi connectivity index (χ4n) is 4.32. The third kappa shape index (κ3) is 7.82. The minimum atomic E-state index is -0.0119. The second kappa shape index (κ2) is 13.9. The molecule has 0 bridgehead atoms. The first kappa shape index (κ1) is 26.7. The largest absolute Gasteiger partial charge is 0.356 e. The van der Waals surface area contributed by atoms with Gasteiger partial charge in [0.15, 0.2) is 0 Å². The normalized spacial score (nSPS) is 11.1. The van der Waals surface area contributed by atoms with E-state index in [1.165, 1.54) is 0 Å². The predicted molar refractivity (Wildman–Crippen MR) is 143 cm³/mol. The smallest absolute Gasteiger partial charge is 0.242 e. The number of benzene rings is 2. The number of hydrogen-bond acceptors (Lipinski definition) is 3. The average Bonchev–Trinajstić information content (AvgIpc) is 3.19. The van der Waals surface area contributed by atoms with Gasteiger partial charge in [-0.1, -0.05) is 62.2 Å². The van der Waals surface area contributed by atoms with Crippen LogP contribution < -0.4 is 5.32 Å². The van der Waals surface area contributed by atoms with Crippen LogP contribution in [0.1, 0.15) is 57.3 Å². The number of halogens is 1. The molecule has 0 saturated heterocycles. The van der Waals surface area contributed by atoms with Crippen LogP contribution >= 0.6 is 11.6 Å². The molecule has 0 radical (unpaired) electrons. The second-order valence-corrected chi connectivity index (χ2v) is 9.32. The zero-order valence-electron chi connectivity index (χ0n) is 20.9. The molecule has 1 aromatic heterocycles. The van der Waals surface area contributed by atoms with E-state index < -0.39 is 0 Å². The van der Waals surface area contributed by atoms with E-state index >= 15 is 0 Å². The molecular weight excluding hydrogens is 460 g/mol. The van der Waals surface area contributed by atoms with Crippen LogP contribution in [0, 0.1) is 0 Å². The second-order valence-electron chi connectivity index (χ2n) is 8.91. The van der Waals surface area contributed by atoms with E-state index in [0.717, 1.165) is 74.0 Å². The SMILES string of the molecule is CCCN(CCC)C(=O)Cn1c(CCCCCNC(=O)Cc2ccccc2Cl)nc2ccccc21. The lowest BCUT2D eigenvalue weighted by atomic mass is 10.1. The predicted octanol–water partition coefficient (Wildman–Crippen LogP) is 5.41. The molecule has 0 saturated carbocycles. The lowest BCUT2D eigenvalue weighted by Crippen LogP contribution is -2.35. The maximum absolute atomic E-state index is 13.0. The number of unbranched alkanes of at least 4 members (excludes halogenated alkanes) is 2. The Bertz CT molecular complexity index is 1110. The molecule has 0 aliphatic heterocycles.